The number of anilines is 1. The zero-order valence-corrected chi connectivity index (χ0v) is 11.3. The molecular formula is C13H17N5O. The lowest BCUT2D eigenvalue weighted by atomic mass is 10.2. The van der Waals surface area contributed by atoms with Crippen LogP contribution in [-0.2, 0) is 13.6 Å². The number of nitrogen functional groups attached to an aromatic ring is 1. The second-order valence-electron chi connectivity index (χ2n) is 4.39. The fourth-order valence-electron chi connectivity index (χ4n) is 1.95. The number of carbonyl (C=O) groups is 1. The molecule has 0 atom stereocenters. The predicted molar refractivity (Wildman–Crippen MR) is 72.5 cm³/mol. The lowest BCUT2D eigenvalue weighted by molar-refractivity contribution is 0.0951. The number of rotatable bonds is 3. The SMILES string of the molecule is Cc1nn(C)c(C)c1CNC(=O)c1cccnc1N. The molecule has 0 aliphatic heterocycles. The summed E-state index contributed by atoms with van der Waals surface area (Å²) in [7, 11) is 1.88. The average molecular weight is 259 g/mol. The molecule has 0 unspecified atom stereocenters. The molecule has 6 heteroatoms. The fraction of sp³-hybridized carbons (Fsp3) is 0.308. The first-order valence-corrected chi connectivity index (χ1v) is 5.98. The van der Waals surface area contributed by atoms with Gasteiger partial charge < -0.3 is 11.1 Å². The first-order valence-electron chi connectivity index (χ1n) is 5.98. The third kappa shape index (κ3) is 2.57. The topological polar surface area (TPSA) is 85.8 Å². The van der Waals surface area contributed by atoms with Gasteiger partial charge in [0.1, 0.15) is 5.82 Å². The molecule has 0 saturated carbocycles. The Morgan fingerprint density at radius 1 is 1.47 bits per heavy atom. The minimum atomic E-state index is -0.228. The van der Waals surface area contributed by atoms with Crippen molar-refractivity contribution in [2.45, 2.75) is 20.4 Å². The molecule has 2 rings (SSSR count). The van der Waals surface area contributed by atoms with E-state index in [4.69, 9.17) is 5.73 Å². The molecule has 0 radical (unpaired) electrons. The number of amides is 1. The van der Waals surface area contributed by atoms with Gasteiger partial charge in [0.2, 0.25) is 0 Å². The van der Waals surface area contributed by atoms with E-state index in [0.29, 0.717) is 12.1 Å². The molecule has 1 amide bonds. The van der Waals surface area contributed by atoms with Crippen molar-refractivity contribution in [1.82, 2.24) is 20.1 Å². The number of aromatic nitrogens is 3. The van der Waals surface area contributed by atoms with E-state index >= 15 is 0 Å². The van der Waals surface area contributed by atoms with Gasteiger partial charge in [-0.25, -0.2) is 4.98 Å². The van der Waals surface area contributed by atoms with Crippen LogP contribution in [0.3, 0.4) is 0 Å². The van der Waals surface area contributed by atoms with Crippen LogP contribution in [0.25, 0.3) is 0 Å². The van der Waals surface area contributed by atoms with E-state index < -0.39 is 0 Å². The van der Waals surface area contributed by atoms with Crippen LogP contribution in [-0.4, -0.2) is 20.7 Å². The van der Waals surface area contributed by atoms with E-state index in [-0.39, 0.29) is 11.7 Å². The molecule has 2 aromatic rings. The Kier molecular flexibility index (Phi) is 3.50. The highest BCUT2D eigenvalue weighted by Gasteiger charge is 2.13. The molecule has 0 aliphatic carbocycles. The number of nitrogens with one attached hydrogen (secondary N) is 1. The minimum absolute atomic E-state index is 0.228. The lowest BCUT2D eigenvalue weighted by Gasteiger charge is -2.07. The van der Waals surface area contributed by atoms with E-state index in [1.807, 2.05) is 20.9 Å². The molecule has 0 bridgehead atoms. The van der Waals surface area contributed by atoms with Gasteiger partial charge in [0.25, 0.3) is 5.91 Å². The van der Waals surface area contributed by atoms with E-state index in [1.54, 1.807) is 23.0 Å². The summed E-state index contributed by atoms with van der Waals surface area (Å²) in [4.78, 5) is 15.9. The van der Waals surface area contributed by atoms with E-state index in [2.05, 4.69) is 15.4 Å². The summed E-state index contributed by atoms with van der Waals surface area (Å²) < 4.78 is 1.80. The van der Waals surface area contributed by atoms with Gasteiger partial charge in [-0.15, -0.1) is 0 Å². The van der Waals surface area contributed by atoms with Crippen LogP contribution in [0.1, 0.15) is 27.3 Å². The maximum atomic E-state index is 12.0. The summed E-state index contributed by atoms with van der Waals surface area (Å²) in [6, 6.07) is 3.34. The summed E-state index contributed by atoms with van der Waals surface area (Å²) in [6.45, 7) is 4.32. The van der Waals surface area contributed by atoms with Gasteiger partial charge in [-0.3, -0.25) is 9.48 Å². The zero-order valence-electron chi connectivity index (χ0n) is 11.3. The molecule has 3 N–H and O–H groups in total. The normalized spacial score (nSPS) is 10.5. The van der Waals surface area contributed by atoms with Crippen molar-refractivity contribution in [2.75, 3.05) is 5.73 Å². The first kappa shape index (κ1) is 13.1. The van der Waals surface area contributed by atoms with Gasteiger partial charge in [-0.05, 0) is 26.0 Å². The molecule has 19 heavy (non-hydrogen) atoms. The van der Waals surface area contributed by atoms with Gasteiger partial charge in [0, 0.05) is 31.0 Å². The molecule has 0 fully saturated rings. The van der Waals surface area contributed by atoms with Crippen LogP contribution < -0.4 is 11.1 Å². The Balaban J connectivity index is 2.11. The van der Waals surface area contributed by atoms with Crippen LogP contribution in [0.4, 0.5) is 5.82 Å². The van der Waals surface area contributed by atoms with Gasteiger partial charge in [0.15, 0.2) is 0 Å². The van der Waals surface area contributed by atoms with Crippen molar-refractivity contribution in [3.05, 3.63) is 40.8 Å². The number of pyridine rings is 1. The van der Waals surface area contributed by atoms with Gasteiger partial charge >= 0.3 is 0 Å². The van der Waals surface area contributed by atoms with Gasteiger partial charge in [0.05, 0.1) is 11.3 Å². The van der Waals surface area contributed by atoms with Crippen molar-refractivity contribution in [2.24, 2.45) is 7.05 Å². The van der Waals surface area contributed by atoms with Crippen LogP contribution >= 0.6 is 0 Å². The van der Waals surface area contributed by atoms with E-state index in [9.17, 15) is 4.79 Å². The molecule has 6 nitrogen and oxygen atoms in total. The monoisotopic (exact) mass is 259 g/mol. The molecule has 0 aliphatic rings. The highest BCUT2D eigenvalue weighted by Crippen LogP contribution is 2.12. The van der Waals surface area contributed by atoms with Crippen LogP contribution in [0, 0.1) is 13.8 Å². The summed E-state index contributed by atoms with van der Waals surface area (Å²) in [5, 5.41) is 7.15. The summed E-state index contributed by atoms with van der Waals surface area (Å²) in [5.74, 6) is 0.00730. The highest BCUT2D eigenvalue weighted by molar-refractivity contribution is 5.98. The zero-order chi connectivity index (χ0) is 14.0. The molecule has 0 spiro atoms. The first-order chi connectivity index (χ1) is 9.00. The third-order valence-electron chi connectivity index (χ3n) is 3.17. The number of hydrogen-bond donors (Lipinski definition) is 2. The molecular weight excluding hydrogens is 242 g/mol. The summed E-state index contributed by atoms with van der Waals surface area (Å²) in [5.41, 5.74) is 9.04. The Hall–Kier alpha value is -2.37. The second-order valence-corrected chi connectivity index (χ2v) is 4.39. The predicted octanol–water partition coefficient (Wildman–Crippen LogP) is 0.944. The smallest absolute Gasteiger partial charge is 0.255 e. The quantitative estimate of drug-likeness (QED) is 0.859. The van der Waals surface area contributed by atoms with Gasteiger partial charge in [-0.1, -0.05) is 0 Å². The summed E-state index contributed by atoms with van der Waals surface area (Å²) in [6.07, 6.45) is 1.56. The average Bonchev–Trinajstić information content (AvgIpc) is 2.61. The summed E-state index contributed by atoms with van der Waals surface area (Å²) >= 11 is 0. The van der Waals surface area contributed by atoms with Crippen LogP contribution in [0.5, 0.6) is 0 Å². The minimum Gasteiger partial charge on any atom is -0.383 e. The maximum Gasteiger partial charge on any atom is 0.255 e. The van der Waals surface area contributed by atoms with E-state index in [1.165, 1.54) is 0 Å². The molecule has 0 saturated heterocycles. The highest BCUT2D eigenvalue weighted by atomic mass is 16.1. The Morgan fingerprint density at radius 3 is 2.79 bits per heavy atom. The second kappa shape index (κ2) is 5.09. The Labute approximate surface area is 111 Å². The van der Waals surface area contributed by atoms with Crippen LogP contribution in [0.2, 0.25) is 0 Å². The standard InChI is InChI=1S/C13H17N5O/c1-8-11(9(2)18(3)17-8)7-16-13(19)10-5-4-6-15-12(10)14/h4-6H,7H2,1-3H3,(H2,14,15)(H,16,19). The molecule has 100 valence electrons. The third-order valence-corrected chi connectivity index (χ3v) is 3.17. The van der Waals surface area contributed by atoms with Crippen molar-refractivity contribution >= 4 is 11.7 Å². The largest absolute Gasteiger partial charge is 0.383 e. The number of nitrogens with zero attached hydrogens (tertiary/aromatic N) is 3. The van der Waals surface area contributed by atoms with Crippen molar-refractivity contribution in [3.8, 4) is 0 Å². The molecule has 0 aromatic carbocycles. The Morgan fingerprint density at radius 2 is 2.21 bits per heavy atom. The van der Waals surface area contributed by atoms with Crippen LogP contribution in [0.15, 0.2) is 18.3 Å². The maximum absolute atomic E-state index is 12.0. The fourth-order valence-corrected chi connectivity index (χ4v) is 1.95. The lowest BCUT2D eigenvalue weighted by Crippen LogP contribution is -2.24. The number of hydrogen-bond acceptors (Lipinski definition) is 4. The molecule has 2 aromatic heterocycles. The van der Waals surface area contributed by atoms with Crippen molar-refractivity contribution in [3.63, 3.8) is 0 Å². The van der Waals surface area contributed by atoms with E-state index in [0.717, 1.165) is 17.0 Å². The number of aryl methyl sites for hydroxylation is 2. The van der Waals surface area contributed by atoms with Gasteiger partial charge in [-0.2, -0.15) is 5.10 Å². The van der Waals surface area contributed by atoms with Crippen molar-refractivity contribution in [1.29, 1.82) is 0 Å². The Bertz CT molecular complexity index is 617. The number of carbonyl (C=O) groups excluding carboxylic acids is 1. The molecule has 2 heterocycles. The van der Waals surface area contributed by atoms with Crippen molar-refractivity contribution < 1.29 is 4.79 Å². The number of nitrogens with two attached hydrogens (primary N) is 1.